The van der Waals surface area contributed by atoms with E-state index in [1.165, 1.54) is 18.3 Å². The number of carbonyl (C=O) groups is 1. The van der Waals surface area contributed by atoms with Crippen LogP contribution in [0, 0.1) is 0 Å². The van der Waals surface area contributed by atoms with Crippen LogP contribution in [-0.2, 0) is 12.3 Å². The maximum atomic E-state index is 14.1. The van der Waals surface area contributed by atoms with E-state index in [2.05, 4.69) is 4.98 Å². The fourth-order valence-corrected chi connectivity index (χ4v) is 1.66. The fraction of sp³-hybridized carbons (Fsp3) is 0.400. The van der Waals surface area contributed by atoms with Gasteiger partial charge >= 0.3 is 6.09 Å². The molecule has 1 amide bonds. The molecule has 5 nitrogen and oxygen atoms in total. The lowest BCUT2D eigenvalue weighted by molar-refractivity contribution is -0.0240. The Morgan fingerprint density at radius 1 is 1.56 bits per heavy atom. The second-order valence-corrected chi connectivity index (χ2v) is 3.80. The highest BCUT2D eigenvalue weighted by atomic mass is 19.1. The number of carboxylic acid groups (broad SMARTS) is 1. The first-order valence-electron chi connectivity index (χ1n) is 4.78. The summed E-state index contributed by atoms with van der Waals surface area (Å²) >= 11 is 0. The standard InChI is InChI=1S/C10H11FN2O3/c11-10(5-13(6-10)9(15)16)7-1-2-8(4-14)12-3-7/h1-3,14H,4-6H2,(H,15,16). The normalized spacial score (nSPS) is 18.0. The molecule has 86 valence electrons. The highest BCUT2D eigenvalue weighted by Gasteiger charge is 2.47. The van der Waals surface area contributed by atoms with E-state index in [0.717, 1.165) is 4.90 Å². The number of alkyl halides is 1. The predicted octanol–water partition coefficient (Wildman–Crippen LogP) is 0.732. The van der Waals surface area contributed by atoms with Gasteiger partial charge in [-0.25, -0.2) is 9.18 Å². The second-order valence-electron chi connectivity index (χ2n) is 3.80. The van der Waals surface area contributed by atoms with Crippen molar-refractivity contribution in [2.24, 2.45) is 0 Å². The van der Waals surface area contributed by atoms with Gasteiger partial charge in [0.2, 0.25) is 0 Å². The number of likely N-dealkylation sites (tertiary alicyclic amines) is 1. The quantitative estimate of drug-likeness (QED) is 0.779. The Bertz CT molecular complexity index is 401. The smallest absolute Gasteiger partial charge is 0.407 e. The van der Waals surface area contributed by atoms with Gasteiger partial charge in [0.1, 0.15) is 0 Å². The van der Waals surface area contributed by atoms with E-state index in [1.807, 2.05) is 0 Å². The summed E-state index contributed by atoms with van der Waals surface area (Å²) in [6.07, 6.45) is 0.221. The summed E-state index contributed by atoms with van der Waals surface area (Å²) < 4.78 is 14.1. The van der Waals surface area contributed by atoms with Gasteiger partial charge in [0.15, 0.2) is 5.67 Å². The summed E-state index contributed by atoms with van der Waals surface area (Å²) in [7, 11) is 0. The highest BCUT2D eigenvalue weighted by molar-refractivity contribution is 5.67. The van der Waals surface area contributed by atoms with Crippen LogP contribution in [0.3, 0.4) is 0 Å². The van der Waals surface area contributed by atoms with Gasteiger partial charge in [-0.15, -0.1) is 0 Å². The molecule has 2 rings (SSSR count). The van der Waals surface area contributed by atoms with E-state index < -0.39 is 11.8 Å². The van der Waals surface area contributed by atoms with Crippen molar-refractivity contribution in [3.63, 3.8) is 0 Å². The number of amides is 1. The minimum absolute atomic E-state index is 0.164. The zero-order chi connectivity index (χ0) is 11.8. The number of hydrogen-bond donors (Lipinski definition) is 2. The van der Waals surface area contributed by atoms with E-state index in [4.69, 9.17) is 10.2 Å². The fourth-order valence-electron chi connectivity index (χ4n) is 1.66. The van der Waals surface area contributed by atoms with E-state index in [0.29, 0.717) is 11.3 Å². The molecule has 6 heteroatoms. The molecule has 16 heavy (non-hydrogen) atoms. The summed E-state index contributed by atoms with van der Waals surface area (Å²) in [6.45, 7) is -0.522. The molecular weight excluding hydrogens is 215 g/mol. The molecular formula is C10H11FN2O3. The molecule has 0 spiro atoms. The summed E-state index contributed by atoms with van der Waals surface area (Å²) in [5.74, 6) is 0. The van der Waals surface area contributed by atoms with Crippen LogP contribution in [0.5, 0.6) is 0 Å². The van der Waals surface area contributed by atoms with Gasteiger partial charge < -0.3 is 15.1 Å². The molecule has 0 saturated carbocycles. The van der Waals surface area contributed by atoms with Crippen molar-refractivity contribution in [1.82, 2.24) is 9.88 Å². The molecule has 0 aromatic carbocycles. The van der Waals surface area contributed by atoms with E-state index in [1.54, 1.807) is 0 Å². The first-order chi connectivity index (χ1) is 7.55. The Morgan fingerprint density at radius 3 is 2.69 bits per heavy atom. The van der Waals surface area contributed by atoms with Crippen LogP contribution in [-0.4, -0.2) is 39.3 Å². The number of aliphatic hydroxyl groups is 1. The molecule has 0 bridgehead atoms. The maximum absolute atomic E-state index is 14.1. The third-order valence-corrected chi connectivity index (χ3v) is 2.66. The summed E-state index contributed by atoms with van der Waals surface area (Å²) in [4.78, 5) is 15.4. The molecule has 2 N–H and O–H groups in total. The Hall–Kier alpha value is -1.69. The average molecular weight is 226 g/mol. The first-order valence-corrected chi connectivity index (χ1v) is 4.78. The highest BCUT2D eigenvalue weighted by Crippen LogP contribution is 2.35. The Labute approximate surface area is 91.1 Å². The molecule has 0 atom stereocenters. The lowest BCUT2D eigenvalue weighted by Crippen LogP contribution is -2.58. The van der Waals surface area contributed by atoms with Crippen molar-refractivity contribution in [2.45, 2.75) is 12.3 Å². The molecule has 1 aliphatic heterocycles. The van der Waals surface area contributed by atoms with Crippen LogP contribution in [0.25, 0.3) is 0 Å². The van der Waals surface area contributed by atoms with Crippen LogP contribution in [0.1, 0.15) is 11.3 Å². The molecule has 1 aromatic heterocycles. The SMILES string of the molecule is O=C(O)N1CC(F)(c2ccc(CO)nc2)C1. The van der Waals surface area contributed by atoms with Gasteiger partial charge in [0, 0.05) is 11.8 Å². The molecule has 0 aliphatic carbocycles. The van der Waals surface area contributed by atoms with Gasteiger partial charge in [-0.1, -0.05) is 6.07 Å². The number of nitrogens with zero attached hydrogens (tertiary/aromatic N) is 2. The third-order valence-electron chi connectivity index (χ3n) is 2.66. The van der Waals surface area contributed by atoms with Crippen molar-refractivity contribution >= 4 is 6.09 Å². The number of aromatic nitrogens is 1. The zero-order valence-electron chi connectivity index (χ0n) is 8.43. The largest absolute Gasteiger partial charge is 0.465 e. The number of halogens is 1. The third kappa shape index (κ3) is 1.71. The lowest BCUT2D eigenvalue weighted by atomic mass is 9.89. The first kappa shape index (κ1) is 10.8. The van der Waals surface area contributed by atoms with Gasteiger partial charge in [-0.05, 0) is 6.07 Å². The topological polar surface area (TPSA) is 73.7 Å². The predicted molar refractivity (Wildman–Crippen MR) is 52.5 cm³/mol. The molecule has 1 aromatic rings. The van der Waals surface area contributed by atoms with Crippen LogP contribution in [0.2, 0.25) is 0 Å². The van der Waals surface area contributed by atoms with Crippen molar-refractivity contribution in [2.75, 3.05) is 13.1 Å². The molecule has 1 fully saturated rings. The Morgan fingerprint density at radius 2 is 2.25 bits per heavy atom. The van der Waals surface area contributed by atoms with Crippen molar-refractivity contribution in [3.05, 3.63) is 29.6 Å². The Balaban J connectivity index is 2.10. The van der Waals surface area contributed by atoms with E-state index >= 15 is 0 Å². The van der Waals surface area contributed by atoms with E-state index in [-0.39, 0.29) is 19.7 Å². The molecule has 1 aliphatic rings. The minimum Gasteiger partial charge on any atom is -0.465 e. The number of rotatable bonds is 2. The monoisotopic (exact) mass is 226 g/mol. The van der Waals surface area contributed by atoms with Crippen molar-refractivity contribution in [3.8, 4) is 0 Å². The second kappa shape index (κ2) is 3.71. The Kier molecular flexibility index (Phi) is 2.51. The van der Waals surface area contributed by atoms with Gasteiger partial charge in [-0.2, -0.15) is 0 Å². The lowest BCUT2D eigenvalue weighted by Gasteiger charge is -2.42. The van der Waals surface area contributed by atoms with Crippen molar-refractivity contribution < 1.29 is 19.4 Å². The number of aliphatic hydroxyl groups excluding tert-OH is 1. The van der Waals surface area contributed by atoms with Gasteiger partial charge in [-0.3, -0.25) is 4.98 Å². The van der Waals surface area contributed by atoms with Crippen LogP contribution in [0.15, 0.2) is 18.3 Å². The molecule has 0 unspecified atom stereocenters. The van der Waals surface area contributed by atoms with Crippen LogP contribution in [0.4, 0.5) is 9.18 Å². The zero-order valence-corrected chi connectivity index (χ0v) is 8.43. The molecule has 1 saturated heterocycles. The summed E-state index contributed by atoms with van der Waals surface area (Å²) in [5.41, 5.74) is -0.830. The number of pyridine rings is 1. The molecule has 2 heterocycles. The minimum atomic E-state index is -1.64. The van der Waals surface area contributed by atoms with E-state index in [9.17, 15) is 9.18 Å². The van der Waals surface area contributed by atoms with Crippen LogP contribution >= 0.6 is 0 Å². The summed E-state index contributed by atoms with van der Waals surface area (Å²) in [5, 5.41) is 17.4. The number of hydrogen-bond acceptors (Lipinski definition) is 3. The van der Waals surface area contributed by atoms with Crippen molar-refractivity contribution in [1.29, 1.82) is 0 Å². The maximum Gasteiger partial charge on any atom is 0.407 e. The van der Waals surface area contributed by atoms with Gasteiger partial charge in [0.05, 0.1) is 25.4 Å². The average Bonchev–Trinajstić information content (AvgIpc) is 2.24. The van der Waals surface area contributed by atoms with Crippen LogP contribution < -0.4 is 0 Å². The summed E-state index contributed by atoms with van der Waals surface area (Å²) in [6, 6.07) is 3.05. The van der Waals surface area contributed by atoms with Gasteiger partial charge in [0.25, 0.3) is 0 Å². The molecule has 0 radical (unpaired) electrons.